The van der Waals surface area contributed by atoms with E-state index in [4.69, 9.17) is 4.98 Å². The van der Waals surface area contributed by atoms with Crippen molar-refractivity contribution < 1.29 is 4.79 Å². The second-order valence-electron chi connectivity index (χ2n) is 7.78. The second kappa shape index (κ2) is 8.72. The molecule has 4 rings (SSSR count). The van der Waals surface area contributed by atoms with Crippen LogP contribution in [0.2, 0.25) is 0 Å². The van der Waals surface area contributed by atoms with Gasteiger partial charge in [-0.05, 0) is 62.6 Å². The highest BCUT2D eigenvalue weighted by Gasteiger charge is 2.34. The Morgan fingerprint density at radius 2 is 1.87 bits per heavy atom. The quantitative estimate of drug-likeness (QED) is 0.497. The molecule has 1 aromatic heterocycles. The maximum Gasteiger partial charge on any atom is 0.266 e. The molecule has 1 amide bonds. The van der Waals surface area contributed by atoms with Crippen LogP contribution in [0.3, 0.4) is 0 Å². The minimum atomic E-state index is -0.260. The summed E-state index contributed by atoms with van der Waals surface area (Å²) in [6.07, 6.45) is 3.71. The van der Waals surface area contributed by atoms with Crippen molar-refractivity contribution in [2.45, 2.75) is 45.6 Å². The van der Waals surface area contributed by atoms with Gasteiger partial charge in [-0.15, -0.1) is 0 Å². The highest BCUT2D eigenvalue weighted by molar-refractivity contribution is 9.10. The van der Waals surface area contributed by atoms with E-state index >= 15 is 0 Å². The molecule has 1 aliphatic carbocycles. The first kappa shape index (κ1) is 20.8. The standard InChI is InChI=1S/C24H26BrN3O2/c1-3-21(27(4-2)23(29)16-8-7-9-16)22-26-20-11-6-5-10-19(20)24(30)28(22)18-14-12-17(25)13-15-18/h5-6,10-16,21H,3-4,7-9H2,1-2H3. The first-order valence-electron chi connectivity index (χ1n) is 10.6. The Morgan fingerprint density at radius 3 is 2.47 bits per heavy atom. The van der Waals surface area contributed by atoms with Crippen molar-refractivity contribution in [2.75, 3.05) is 6.54 Å². The van der Waals surface area contributed by atoms with Crippen LogP contribution >= 0.6 is 15.9 Å². The molecule has 1 atom stereocenters. The van der Waals surface area contributed by atoms with Gasteiger partial charge >= 0.3 is 0 Å². The van der Waals surface area contributed by atoms with Gasteiger partial charge in [0.1, 0.15) is 5.82 Å². The lowest BCUT2D eigenvalue weighted by molar-refractivity contribution is -0.140. The van der Waals surface area contributed by atoms with E-state index < -0.39 is 0 Å². The summed E-state index contributed by atoms with van der Waals surface area (Å²) in [5.74, 6) is 0.908. The van der Waals surface area contributed by atoms with Gasteiger partial charge in [0.2, 0.25) is 5.91 Å². The van der Waals surface area contributed by atoms with Crippen LogP contribution in [0.4, 0.5) is 0 Å². The molecule has 6 heteroatoms. The minimum absolute atomic E-state index is 0.104. The van der Waals surface area contributed by atoms with Gasteiger partial charge in [0.15, 0.2) is 0 Å². The summed E-state index contributed by atoms with van der Waals surface area (Å²) >= 11 is 3.47. The van der Waals surface area contributed by atoms with Crippen LogP contribution in [0.5, 0.6) is 0 Å². The third-order valence-corrected chi connectivity index (χ3v) is 6.55. The van der Waals surface area contributed by atoms with E-state index in [0.717, 1.165) is 29.4 Å². The molecule has 1 fully saturated rings. The van der Waals surface area contributed by atoms with Crippen molar-refractivity contribution in [3.8, 4) is 5.69 Å². The molecule has 0 N–H and O–H groups in total. The zero-order valence-electron chi connectivity index (χ0n) is 17.3. The Bertz CT molecular complexity index is 1120. The molecule has 3 aromatic rings. The Balaban J connectivity index is 1.92. The summed E-state index contributed by atoms with van der Waals surface area (Å²) < 4.78 is 2.62. The number of halogens is 1. The van der Waals surface area contributed by atoms with E-state index in [2.05, 4.69) is 22.9 Å². The van der Waals surface area contributed by atoms with Crippen LogP contribution in [0.1, 0.15) is 51.4 Å². The first-order chi connectivity index (χ1) is 14.5. The fraction of sp³-hybridized carbons (Fsp3) is 0.375. The number of nitrogens with zero attached hydrogens (tertiary/aromatic N) is 3. The van der Waals surface area contributed by atoms with Crippen molar-refractivity contribution in [3.05, 3.63) is 69.2 Å². The number of aromatic nitrogens is 2. The number of carbonyl (C=O) groups is 1. The summed E-state index contributed by atoms with van der Waals surface area (Å²) in [6.45, 7) is 4.65. The monoisotopic (exact) mass is 467 g/mol. The van der Waals surface area contributed by atoms with Crippen LogP contribution in [0.25, 0.3) is 16.6 Å². The van der Waals surface area contributed by atoms with Crippen LogP contribution in [-0.2, 0) is 4.79 Å². The number of amides is 1. The molecule has 0 saturated heterocycles. The van der Waals surface area contributed by atoms with Crippen LogP contribution < -0.4 is 5.56 Å². The average Bonchev–Trinajstić information content (AvgIpc) is 2.71. The lowest BCUT2D eigenvalue weighted by Crippen LogP contribution is -2.43. The smallest absolute Gasteiger partial charge is 0.266 e. The molecule has 1 unspecified atom stereocenters. The van der Waals surface area contributed by atoms with Gasteiger partial charge in [-0.2, -0.15) is 0 Å². The molecule has 0 radical (unpaired) electrons. The summed E-state index contributed by atoms with van der Waals surface area (Å²) in [5, 5.41) is 0.576. The van der Waals surface area contributed by atoms with Crippen molar-refractivity contribution in [3.63, 3.8) is 0 Å². The van der Waals surface area contributed by atoms with Gasteiger partial charge in [0, 0.05) is 16.9 Å². The molecule has 1 aliphatic rings. The molecule has 0 bridgehead atoms. The van der Waals surface area contributed by atoms with E-state index in [1.54, 1.807) is 4.57 Å². The zero-order valence-corrected chi connectivity index (χ0v) is 18.9. The molecular weight excluding hydrogens is 442 g/mol. The van der Waals surface area contributed by atoms with Crippen LogP contribution in [0, 0.1) is 5.92 Å². The molecule has 5 nitrogen and oxygen atoms in total. The zero-order chi connectivity index (χ0) is 21.3. The Morgan fingerprint density at radius 1 is 1.17 bits per heavy atom. The van der Waals surface area contributed by atoms with Crippen LogP contribution in [-0.4, -0.2) is 26.9 Å². The molecule has 0 spiro atoms. The van der Waals surface area contributed by atoms with Gasteiger partial charge in [-0.25, -0.2) is 4.98 Å². The summed E-state index contributed by atoms with van der Waals surface area (Å²) in [4.78, 5) is 33.6. The molecule has 0 aliphatic heterocycles. The first-order valence-corrected chi connectivity index (χ1v) is 11.4. The lowest BCUT2D eigenvalue weighted by Gasteiger charge is -2.36. The molecule has 1 heterocycles. The fourth-order valence-electron chi connectivity index (χ4n) is 4.17. The van der Waals surface area contributed by atoms with Crippen molar-refractivity contribution in [2.24, 2.45) is 5.92 Å². The maximum absolute atomic E-state index is 13.5. The maximum atomic E-state index is 13.5. The van der Waals surface area contributed by atoms with E-state index in [0.29, 0.717) is 29.7 Å². The van der Waals surface area contributed by atoms with E-state index in [9.17, 15) is 9.59 Å². The van der Waals surface area contributed by atoms with E-state index in [1.807, 2.05) is 60.4 Å². The largest absolute Gasteiger partial charge is 0.333 e. The summed E-state index contributed by atoms with van der Waals surface area (Å²) in [5.41, 5.74) is 1.31. The summed E-state index contributed by atoms with van der Waals surface area (Å²) in [6, 6.07) is 14.8. The van der Waals surface area contributed by atoms with E-state index in [-0.39, 0.29) is 23.4 Å². The molecule has 2 aromatic carbocycles. The van der Waals surface area contributed by atoms with Crippen molar-refractivity contribution in [1.82, 2.24) is 14.5 Å². The number of hydrogen-bond donors (Lipinski definition) is 0. The number of benzene rings is 2. The lowest BCUT2D eigenvalue weighted by atomic mass is 9.84. The van der Waals surface area contributed by atoms with Gasteiger partial charge in [0.25, 0.3) is 5.56 Å². The van der Waals surface area contributed by atoms with Gasteiger partial charge in [0.05, 0.1) is 22.6 Å². The number of carbonyl (C=O) groups excluding carboxylic acids is 1. The predicted molar refractivity (Wildman–Crippen MR) is 123 cm³/mol. The molecular formula is C24H26BrN3O2. The van der Waals surface area contributed by atoms with Gasteiger partial charge in [-0.3, -0.25) is 14.2 Å². The van der Waals surface area contributed by atoms with Crippen molar-refractivity contribution in [1.29, 1.82) is 0 Å². The van der Waals surface area contributed by atoms with Crippen molar-refractivity contribution >= 4 is 32.7 Å². The number of fused-ring (bicyclic) bond motifs is 1. The molecule has 30 heavy (non-hydrogen) atoms. The van der Waals surface area contributed by atoms with Gasteiger partial charge < -0.3 is 4.90 Å². The number of para-hydroxylation sites is 1. The Hall–Kier alpha value is -2.47. The van der Waals surface area contributed by atoms with Crippen LogP contribution in [0.15, 0.2) is 57.8 Å². The normalized spacial score (nSPS) is 15.0. The summed E-state index contributed by atoms with van der Waals surface area (Å²) in [7, 11) is 0. The number of rotatable bonds is 6. The highest BCUT2D eigenvalue weighted by atomic mass is 79.9. The fourth-order valence-corrected chi connectivity index (χ4v) is 4.44. The average molecular weight is 468 g/mol. The van der Waals surface area contributed by atoms with Gasteiger partial charge in [-0.1, -0.05) is 41.4 Å². The highest BCUT2D eigenvalue weighted by Crippen LogP contribution is 2.33. The topological polar surface area (TPSA) is 55.2 Å². The van der Waals surface area contributed by atoms with E-state index in [1.165, 1.54) is 0 Å². The third kappa shape index (κ3) is 3.69. The Kier molecular flexibility index (Phi) is 6.04. The third-order valence-electron chi connectivity index (χ3n) is 6.03. The predicted octanol–water partition coefficient (Wildman–Crippen LogP) is 5.25. The Labute approximate surface area is 184 Å². The molecule has 1 saturated carbocycles. The second-order valence-corrected chi connectivity index (χ2v) is 8.70. The number of hydrogen-bond acceptors (Lipinski definition) is 3. The minimum Gasteiger partial charge on any atom is -0.333 e. The SMILES string of the molecule is CCC(c1nc2ccccc2c(=O)n1-c1ccc(Br)cc1)N(CC)C(=O)C1CCC1. The molecule has 156 valence electrons.